The molecule has 4 N–H and O–H groups in total. The first-order valence-corrected chi connectivity index (χ1v) is 8.18. The molecule has 0 unspecified atom stereocenters. The number of amides is 2. The summed E-state index contributed by atoms with van der Waals surface area (Å²) in [5.74, 6) is -1.03. The molecule has 0 aliphatic rings. The number of unbranched alkanes of at least 4 members (excludes halogenated alkanes) is 3. The van der Waals surface area contributed by atoms with E-state index in [9.17, 15) is 22.8 Å². The number of carbonyl (C=O) groups is 2. The summed E-state index contributed by atoms with van der Waals surface area (Å²) in [4.78, 5) is 23.7. The molecule has 1 aromatic carbocycles. The second-order valence-electron chi connectivity index (χ2n) is 5.83. The monoisotopic (exact) mass is 359 g/mol. The molecule has 1 aromatic rings. The zero-order chi connectivity index (χ0) is 18.9. The summed E-state index contributed by atoms with van der Waals surface area (Å²) in [5, 5.41) is 4.51. The van der Waals surface area contributed by atoms with Gasteiger partial charge in [-0.1, -0.05) is 18.9 Å². The van der Waals surface area contributed by atoms with Crippen molar-refractivity contribution in [1.29, 1.82) is 0 Å². The molecule has 1 rings (SSSR count). The second-order valence-corrected chi connectivity index (χ2v) is 5.83. The number of benzene rings is 1. The lowest BCUT2D eigenvalue weighted by molar-refractivity contribution is -0.123. The van der Waals surface area contributed by atoms with Crippen LogP contribution < -0.4 is 16.4 Å². The Bertz CT molecular complexity index is 589. The van der Waals surface area contributed by atoms with Crippen LogP contribution >= 0.6 is 0 Å². The maximum atomic E-state index is 12.2. The average molecular weight is 359 g/mol. The Kier molecular flexibility index (Phi) is 8.40. The Hall–Kier alpha value is -2.09. The quantitative estimate of drug-likeness (QED) is 0.592. The third-order valence-electron chi connectivity index (χ3n) is 3.58. The lowest BCUT2D eigenvalue weighted by Crippen LogP contribution is -2.33. The van der Waals surface area contributed by atoms with E-state index in [-0.39, 0.29) is 11.5 Å². The summed E-state index contributed by atoms with van der Waals surface area (Å²) < 4.78 is 36.5. The van der Waals surface area contributed by atoms with E-state index in [0.29, 0.717) is 18.7 Å². The molecule has 25 heavy (non-hydrogen) atoms. The lowest BCUT2D eigenvalue weighted by atomic mass is 10.1. The van der Waals surface area contributed by atoms with Gasteiger partial charge in [0.05, 0.1) is 0 Å². The third kappa shape index (κ3) is 8.53. The van der Waals surface area contributed by atoms with Gasteiger partial charge in [0, 0.05) is 17.7 Å². The Morgan fingerprint density at radius 1 is 1.12 bits per heavy atom. The van der Waals surface area contributed by atoms with E-state index in [1.165, 1.54) is 12.1 Å². The first kappa shape index (κ1) is 21.0. The molecule has 2 amide bonds. The summed E-state index contributed by atoms with van der Waals surface area (Å²) in [7, 11) is 0. The lowest BCUT2D eigenvalue weighted by Gasteiger charge is -2.12. The number of carbonyl (C=O) groups excluding carboxylic acids is 2. The molecule has 0 bridgehead atoms. The van der Waals surface area contributed by atoms with E-state index in [4.69, 9.17) is 5.73 Å². The summed E-state index contributed by atoms with van der Waals surface area (Å²) >= 11 is 0. The fraction of sp³-hybridized carbons (Fsp3) is 0.529. The number of alkyl halides is 3. The van der Waals surface area contributed by atoms with Gasteiger partial charge in [-0.05, 0) is 44.0 Å². The van der Waals surface area contributed by atoms with Crippen LogP contribution in [0.2, 0.25) is 0 Å². The predicted molar refractivity (Wildman–Crippen MR) is 90.3 cm³/mol. The molecule has 0 aliphatic heterocycles. The molecule has 8 heteroatoms. The zero-order valence-corrected chi connectivity index (χ0v) is 14.2. The van der Waals surface area contributed by atoms with E-state index in [0.717, 1.165) is 31.2 Å². The van der Waals surface area contributed by atoms with Crippen molar-refractivity contribution in [2.45, 2.75) is 45.2 Å². The molecule has 0 atom stereocenters. The highest BCUT2D eigenvalue weighted by Gasteiger charge is 2.28. The summed E-state index contributed by atoms with van der Waals surface area (Å²) in [6.07, 6.45) is -0.594. The van der Waals surface area contributed by atoms with Crippen molar-refractivity contribution < 1.29 is 22.8 Å². The SMILES string of the molecule is Cc1ccc(C(=O)NCC(F)(F)F)cc1NC(=O)CCCCCCN. The van der Waals surface area contributed by atoms with Crippen LogP contribution in [-0.2, 0) is 4.79 Å². The van der Waals surface area contributed by atoms with Gasteiger partial charge in [0.2, 0.25) is 5.91 Å². The fourth-order valence-electron chi connectivity index (χ4n) is 2.18. The third-order valence-corrected chi connectivity index (χ3v) is 3.58. The average Bonchev–Trinajstić information content (AvgIpc) is 2.53. The highest BCUT2D eigenvalue weighted by atomic mass is 19.4. The van der Waals surface area contributed by atoms with Crippen molar-refractivity contribution in [3.05, 3.63) is 29.3 Å². The molecule has 0 fully saturated rings. The van der Waals surface area contributed by atoms with Crippen molar-refractivity contribution >= 4 is 17.5 Å². The second kappa shape index (κ2) is 10.0. The molecule has 0 saturated heterocycles. The predicted octanol–water partition coefficient (Wildman–Crippen LogP) is 3.13. The van der Waals surface area contributed by atoms with Gasteiger partial charge in [-0.2, -0.15) is 13.2 Å². The van der Waals surface area contributed by atoms with Crippen molar-refractivity contribution in [1.82, 2.24) is 5.32 Å². The Labute approximate surface area is 145 Å². The molecule has 0 radical (unpaired) electrons. The van der Waals surface area contributed by atoms with Crippen molar-refractivity contribution in [2.24, 2.45) is 5.73 Å². The topological polar surface area (TPSA) is 84.2 Å². The summed E-state index contributed by atoms with van der Waals surface area (Å²) in [6, 6.07) is 4.39. The normalized spacial score (nSPS) is 11.2. The number of nitrogens with one attached hydrogen (secondary N) is 2. The summed E-state index contributed by atoms with van der Waals surface area (Å²) in [6.45, 7) is 0.979. The van der Waals surface area contributed by atoms with Gasteiger partial charge in [0.1, 0.15) is 6.54 Å². The molecule has 0 aromatic heterocycles. The number of anilines is 1. The Balaban J connectivity index is 2.59. The molecule has 0 spiro atoms. The van der Waals surface area contributed by atoms with E-state index in [1.807, 2.05) is 0 Å². The van der Waals surface area contributed by atoms with Crippen LogP contribution in [0.25, 0.3) is 0 Å². The molecule has 0 saturated carbocycles. The minimum atomic E-state index is -4.47. The molecule has 0 aliphatic carbocycles. The van der Waals surface area contributed by atoms with Gasteiger partial charge in [-0.15, -0.1) is 0 Å². The molecule has 0 heterocycles. The molecule has 5 nitrogen and oxygen atoms in total. The molecular weight excluding hydrogens is 335 g/mol. The maximum Gasteiger partial charge on any atom is 0.405 e. The van der Waals surface area contributed by atoms with Crippen LogP contribution in [0.15, 0.2) is 18.2 Å². The first-order valence-electron chi connectivity index (χ1n) is 8.18. The highest BCUT2D eigenvalue weighted by Crippen LogP contribution is 2.18. The van der Waals surface area contributed by atoms with Crippen LogP contribution in [0.1, 0.15) is 48.0 Å². The van der Waals surface area contributed by atoms with E-state index in [1.54, 1.807) is 18.3 Å². The molecule has 140 valence electrons. The zero-order valence-electron chi connectivity index (χ0n) is 14.2. The fourth-order valence-corrected chi connectivity index (χ4v) is 2.18. The number of hydrogen-bond acceptors (Lipinski definition) is 3. The number of nitrogens with two attached hydrogens (primary N) is 1. The van der Waals surface area contributed by atoms with Gasteiger partial charge in [-0.25, -0.2) is 0 Å². The van der Waals surface area contributed by atoms with Gasteiger partial charge in [0.25, 0.3) is 5.91 Å². The number of rotatable bonds is 9. The Morgan fingerprint density at radius 3 is 2.44 bits per heavy atom. The van der Waals surface area contributed by atoms with Crippen LogP contribution in [-0.4, -0.2) is 31.1 Å². The number of hydrogen-bond donors (Lipinski definition) is 3. The van der Waals surface area contributed by atoms with Gasteiger partial charge in [0.15, 0.2) is 0 Å². The first-order chi connectivity index (χ1) is 11.7. The van der Waals surface area contributed by atoms with Crippen LogP contribution in [0.3, 0.4) is 0 Å². The standard InChI is InChI=1S/C17H24F3N3O2/c1-12-7-8-13(16(25)22-11-17(18,19)20)10-14(12)23-15(24)6-4-2-3-5-9-21/h7-8,10H,2-6,9,11,21H2,1H3,(H,22,25)(H,23,24). The van der Waals surface area contributed by atoms with E-state index in [2.05, 4.69) is 5.32 Å². The van der Waals surface area contributed by atoms with Crippen molar-refractivity contribution in [3.8, 4) is 0 Å². The smallest absolute Gasteiger partial charge is 0.343 e. The minimum Gasteiger partial charge on any atom is -0.343 e. The minimum absolute atomic E-state index is 0.0631. The van der Waals surface area contributed by atoms with Crippen LogP contribution in [0.5, 0.6) is 0 Å². The van der Waals surface area contributed by atoms with Crippen LogP contribution in [0.4, 0.5) is 18.9 Å². The summed E-state index contributed by atoms with van der Waals surface area (Å²) in [5.41, 5.74) is 6.61. The van der Waals surface area contributed by atoms with Gasteiger partial charge >= 0.3 is 6.18 Å². The largest absolute Gasteiger partial charge is 0.405 e. The molecular formula is C17H24F3N3O2. The van der Waals surface area contributed by atoms with Gasteiger partial charge in [-0.3, -0.25) is 9.59 Å². The van der Waals surface area contributed by atoms with Crippen molar-refractivity contribution in [2.75, 3.05) is 18.4 Å². The maximum absolute atomic E-state index is 12.2. The number of aryl methyl sites for hydroxylation is 1. The van der Waals surface area contributed by atoms with E-state index >= 15 is 0 Å². The van der Waals surface area contributed by atoms with Gasteiger partial charge < -0.3 is 16.4 Å². The van der Waals surface area contributed by atoms with E-state index < -0.39 is 18.6 Å². The Morgan fingerprint density at radius 2 is 1.80 bits per heavy atom. The van der Waals surface area contributed by atoms with Crippen LogP contribution in [0, 0.1) is 6.92 Å². The number of halogens is 3. The van der Waals surface area contributed by atoms with Crippen molar-refractivity contribution in [3.63, 3.8) is 0 Å². The highest BCUT2D eigenvalue weighted by molar-refractivity contribution is 5.97.